The summed E-state index contributed by atoms with van der Waals surface area (Å²) < 4.78 is 21.3. The highest BCUT2D eigenvalue weighted by Gasteiger charge is 2.20. The van der Waals surface area contributed by atoms with E-state index >= 15 is 0 Å². The van der Waals surface area contributed by atoms with Crippen LogP contribution in [0.1, 0.15) is 10.4 Å². The van der Waals surface area contributed by atoms with Gasteiger partial charge in [0.25, 0.3) is 0 Å². The quantitative estimate of drug-likeness (QED) is 0.702. The van der Waals surface area contributed by atoms with Gasteiger partial charge >= 0.3 is 0 Å². The number of rotatable bonds is 5. The molecule has 1 aromatic heterocycles. The molecular weight excluding hydrogens is 340 g/mol. The Kier molecular flexibility index (Phi) is 4.53. The number of hydrogen-bond donors (Lipinski definition) is 1. The SMILES string of the molecule is COc1cc(-c2cc(=O)c3cc(OC)c(OC)c(C=O)c3o2)ccc1O. The molecule has 0 unspecified atom stereocenters. The van der Waals surface area contributed by atoms with Crippen molar-refractivity contribution in [1.29, 1.82) is 0 Å². The molecule has 7 heteroatoms. The Labute approximate surface area is 148 Å². The van der Waals surface area contributed by atoms with Gasteiger partial charge in [0.15, 0.2) is 40.3 Å². The summed E-state index contributed by atoms with van der Waals surface area (Å²) in [6.45, 7) is 0. The Hall–Kier alpha value is -3.48. The number of phenols is 1. The van der Waals surface area contributed by atoms with Crippen molar-refractivity contribution in [3.63, 3.8) is 0 Å². The van der Waals surface area contributed by atoms with Crippen LogP contribution in [0.3, 0.4) is 0 Å². The molecule has 0 aliphatic rings. The van der Waals surface area contributed by atoms with Crippen LogP contribution in [-0.4, -0.2) is 32.7 Å². The summed E-state index contributed by atoms with van der Waals surface area (Å²) in [6.07, 6.45) is 0.549. The molecular formula is C19H16O7. The van der Waals surface area contributed by atoms with Crippen molar-refractivity contribution in [2.24, 2.45) is 0 Å². The zero-order valence-corrected chi connectivity index (χ0v) is 14.4. The Morgan fingerprint density at radius 2 is 1.73 bits per heavy atom. The number of methoxy groups -OCH3 is 3. The summed E-state index contributed by atoms with van der Waals surface area (Å²) in [7, 11) is 4.22. The van der Waals surface area contributed by atoms with Gasteiger partial charge < -0.3 is 23.7 Å². The summed E-state index contributed by atoms with van der Waals surface area (Å²) in [5, 5.41) is 9.92. The predicted molar refractivity (Wildman–Crippen MR) is 94.6 cm³/mol. The van der Waals surface area contributed by atoms with E-state index in [1.54, 1.807) is 6.07 Å². The van der Waals surface area contributed by atoms with Gasteiger partial charge in [-0.2, -0.15) is 0 Å². The molecule has 2 aromatic carbocycles. The maximum Gasteiger partial charge on any atom is 0.193 e. The lowest BCUT2D eigenvalue weighted by Crippen LogP contribution is -2.05. The maximum absolute atomic E-state index is 12.6. The second-order valence-electron chi connectivity index (χ2n) is 5.38. The fraction of sp³-hybridized carbons (Fsp3) is 0.158. The Morgan fingerprint density at radius 3 is 2.35 bits per heavy atom. The van der Waals surface area contributed by atoms with Crippen molar-refractivity contribution < 1.29 is 28.5 Å². The van der Waals surface area contributed by atoms with Crippen LogP contribution < -0.4 is 19.6 Å². The highest BCUT2D eigenvalue weighted by molar-refractivity contribution is 5.99. The number of ether oxygens (including phenoxy) is 3. The van der Waals surface area contributed by atoms with Gasteiger partial charge in [0.05, 0.1) is 26.7 Å². The maximum atomic E-state index is 12.6. The van der Waals surface area contributed by atoms with Crippen LogP contribution in [0.4, 0.5) is 0 Å². The number of aromatic hydroxyl groups is 1. The van der Waals surface area contributed by atoms with Gasteiger partial charge in [-0.1, -0.05) is 0 Å². The molecule has 0 radical (unpaired) electrons. The lowest BCUT2D eigenvalue weighted by atomic mass is 10.1. The smallest absolute Gasteiger partial charge is 0.193 e. The van der Waals surface area contributed by atoms with Crippen LogP contribution >= 0.6 is 0 Å². The molecule has 0 spiro atoms. The van der Waals surface area contributed by atoms with E-state index in [1.807, 2.05) is 0 Å². The number of phenolic OH excluding ortho intramolecular Hbond substituents is 1. The number of hydrogen-bond acceptors (Lipinski definition) is 7. The average Bonchev–Trinajstić information content (AvgIpc) is 2.66. The molecule has 0 saturated carbocycles. The first-order chi connectivity index (χ1) is 12.5. The van der Waals surface area contributed by atoms with E-state index < -0.39 is 0 Å². The van der Waals surface area contributed by atoms with E-state index in [0.717, 1.165) is 0 Å². The van der Waals surface area contributed by atoms with E-state index in [4.69, 9.17) is 18.6 Å². The summed E-state index contributed by atoms with van der Waals surface area (Å²) in [5.41, 5.74) is 0.321. The van der Waals surface area contributed by atoms with Gasteiger partial charge in [0.2, 0.25) is 0 Å². The topological polar surface area (TPSA) is 95.2 Å². The molecule has 7 nitrogen and oxygen atoms in total. The average molecular weight is 356 g/mol. The molecule has 1 heterocycles. The minimum Gasteiger partial charge on any atom is -0.504 e. The Morgan fingerprint density at radius 1 is 1.00 bits per heavy atom. The highest BCUT2D eigenvalue weighted by Crippen LogP contribution is 2.37. The first-order valence-corrected chi connectivity index (χ1v) is 7.59. The van der Waals surface area contributed by atoms with Crippen molar-refractivity contribution in [2.45, 2.75) is 0 Å². The van der Waals surface area contributed by atoms with Crippen LogP contribution in [0.2, 0.25) is 0 Å². The van der Waals surface area contributed by atoms with E-state index in [-0.39, 0.29) is 50.7 Å². The van der Waals surface area contributed by atoms with E-state index in [9.17, 15) is 14.7 Å². The standard InChI is InChI=1S/C19H16O7/c1-23-16-6-10(4-5-13(16)21)15-8-14(22)11-7-17(24-2)19(25-3)12(9-20)18(11)26-15/h4-9,21H,1-3H3. The van der Waals surface area contributed by atoms with E-state index in [1.165, 1.54) is 45.6 Å². The minimum absolute atomic E-state index is 0.0422. The second-order valence-corrected chi connectivity index (χ2v) is 5.38. The molecule has 0 aliphatic heterocycles. The van der Waals surface area contributed by atoms with Gasteiger partial charge in [0.1, 0.15) is 11.3 Å². The van der Waals surface area contributed by atoms with Crippen molar-refractivity contribution in [1.82, 2.24) is 0 Å². The first-order valence-electron chi connectivity index (χ1n) is 7.59. The van der Waals surface area contributed by atoms with Crippen LogP contribution in [-0.2, 0) is 0 Å². The largest absolute Gasteiger partial charge is 0.504 e. The fourth-order valence-corrected chi connectivity index (χ4v) is 2.71. The molecule has 134 valence electrons. The molecule has 0 bridgehead atoms. The lowest BCUT2D eigenvalue weighted by Gasteiger charge is -2.12. The van der Waals surface area contributed by atoms with Crippen molar-refractivity contribution in [3.8, 4) is 34.3 Å². The summed E-state index contributed by atoms with van der Waals surface area (Å²) in [6, 6.07) is 7.29. The zero-order chi connectivity index (χ0) is 18.8. The molecule has 0 atom stereocenters. The van der Waals surface area contributed by atoms with Crippen LogP contribution in [0.25, 0.3) is 22.3 Å². The molecule has 0 aliphatic carbocycles. The van der Waals surface area contributed by atoms with E-state index in [0.29, 0.717) is 11.8 Å². The molecule has 0 fully saturated rings. The molecule has 3 rings (SSSR count). The van der Waals surface area contributed by atoms with Gasteiger partial charge in [-0.05, 0) is 24.3 Å². The third-order valence-corrected chi connectivity index (χ3v) is 3.98. The van der Waals surface area contributed by atoms with Gasteiger partial charge in [-0.25, -0.2) is 0 Å². The normalized spacial score (nSPS) is 10.6. The van der Waals surface area contributed by atoms with Crippen LogP contribution in [0.15, 0.2) is 39.5 Å². The third kappa shape index (κ3) is 2.73. The highest BCUT2D eigenvalue weighted by atomic mass is 16.5. The summed E-state index contributed by atoms with van der Waals surface area (Å²) in [4.78, 5) is 24.2. The number of carbonyl (C=O) groups is 1. The number of carbonyl (C=O) groups excluding carboxylic acids is 1. The summed E-state index contributed by atoms with van der Waals surface area (Å²) in [5.74, 6) is 0.843. The van der Waals surface area contributed by atoms with Gasteiger partial charge in [-0.15, -0.1) is 0 Å². The van der Waals surface area contributed by atoms with Gasteiger partial charge in [-0.3, -0.25) is 9.59 Å². The van der Waals surface area contributed by atoms with Crippen molar-refractivity contribution in [3.05, 3.63) is 46.1 Å². The zero-order valence-electron chi connectivity index (χ0n) is 14.4. The minimum atomic E-state index is -0.350. The molecule has 0 amide bonds. The predicted octanol–water partition coefficient (Wildman–Crippen LogP) is 3.00. The molecule has 3 aromatic rings. The first kappa shape index (κ1) is 17.3. The Balaban J connectivity index is 2.34. The lowest BCUT2D eigenvalue weighted by molar-refractivity contribution is 0.112. The van der Waals surface area contributed by atoms with Crippen LogP contribution in [0, 0.1) is 0 Å². The molecule has 26 heavy (non-hydrogen) atoms. The molecule has 1 N–H and O–H groups in total. The monoisotopic (exact) mass is 356 g/mol. The second kappa shape index (κ2) is 6.79. The van der Waals surface area contributed by atoms with Gasteiger partial charge in [0, 0.05) is 11.6 Å². The summed E-state index contributed by atoms with van der Waals surface area (Å²) >= 11 is 0. The van der Waals surface area contributed by atoms with Crippen LogP contribution in [0.5, 0.6) is 23.0 Å². The Bertz CT molecular complexity index is 1050. The van der Waals surface area contributed by atoms with Crippen molar-refractivity contribution in [2.75, 3.05) is 21.3 Å². The van der Waals surface area contributed by atoms with Crippen molar-refractivity contribution >= 4 is 17.3 Å². The number of aldehydes is 1. The number of fused-ring (bicyclic) bond motifs is 1. The third-order valence-electron chi connectivity index (χ3n) is 3.98. The fourth-order valence-electron chi connectivity index (χ4n) is 2.71. The van der Waals surface area contributed by atoms with E-state index in [2.05, 4.69) is 0 Å². The number of benzene rings is 2. The molecule has 0 saturated heterocycles.